The van der Waals surface area contributed by atoms with Gasteiger partial charge in [-0.3, -0.25) is 9.59 Å². The standard InChI is InChI=1S/C63H119NO5/c1-3-5-7-9-11-13-15-17-19-21-24-27-31-35-39-43-47-51-55-61(66)60(59-65)64-62(67)56-52-48-44-40-36-32-28-25-22-26-30-34-38-42-46-50-54-58-69-63(68)57-53-49-45-41-37-33-29-23-20-18-16-14-12-10-8-6-4-2/h18,20,22,26,34,38,60-61,65-66H,3-17,19,21,23-25,27-33,35-37,39-59H2,1-2H3,(H,64,67)/b20-18-,26-22-,38-34-. The van der Waals surface area contributed by atoms with Gasteiger partial charge in [-0.1, -0.05) is 262 Å². The van der Waals surface area contributed by atoms with Crippen LogP contribution in [-0.4, -0.2) is 47.4 Å². The van der Waals surface area contributed by atoms with Crippen LogP contribution in [0, 0.1) is 0 Å². The molecule has 1 amide bonds. The highest BCUT2D eigenvalue weighted by atomic mass is 16.5. The normalized spacial score (nSPS) is 12.8. The van der Waals surface area contributed by atoms with Crippen LogP contribution in [0.1, 0.15) is 328 Å². The minimum Gasteiger partial charge on any atom is -0.466 e. The largest absolute Gasteiger partial charge is 0.466 e. The van der Waals surface area contributed by atoms with E-state index in [9.17, 15) is 19.8 Å². The highest BCUT2D eigenvalue weighted by Crippen LogP contribution is 2.17. The third kappa shape index (κ3) is 55.2. The van der Waals surface area contributed by atoms with E-state index in [0.29, 0.717) is 25.9 Å². The monoisotopic (exact) mass is 970 g/mol. The molecule has 0 aliphatic rings. The van der Waals surface area contributed by atoms with E-state index in [4.69, 9.17) is 4.74 Å². The first-order valence-corrected chi connectivity index (χ1v) is 30.7. The molecule has 0 aliphatic heterocycles. The number of esters is 1. The molecule has 0 saturated carbocycles. The van der Waals surface area contributed by atoms with Crippen molar-refractivity contribution in [3.05, 3.63) is 36.5 Å². The molecular formula is C63H119NO5. The van der Waals surface area contributed by atoms with Gasteiger partial charge in [-0.05, 0) is 89.9 Å². The summed E-state index contributed by atoms with van der Waals surface area (Å²) in [6, 6.07) is -0.555. The van der Waals surface area contributed by atoms with Crippen molar-refractivity contribution in [1.82, 2.24) is 5.32 Å². The molecule has 0 fully saturated rings. The highest BCUT2D eigenvalue weighted by Gasteiger charge is 2.20. The number of unbranched alkanes of at least 4 members (excludes halogenated alkanes) is 40. The second-order valence-electron chi connectivity index (χ2n) is 21.0. The maximum absolute atomic E-state index is 12.5. The Morgan fingerprint density at radius 1 is 0.406 bits per heavy atom. The average molecular weight is 971 g/mol. The van der Waals surface area contributed by atoms with Crippen molar-refractivity contribution in [1.29, 1.82) is 0 Å². The van der Waals surface area contributed by atoms with E-state index < -0.39 is 12.1 Å². The van der Waals surface area contributed by atoms with Crippen LogP contribution in [0.5, 0.6) is 0 Å². The Kier molecular flexibility index (Phi) is 57.0. The lowest BCUT2D eigenvalue weighted by Crippen LogP contribution is -2.45. The Labute approximate surface area is 430 Å². The minimum atomic E-state index is -0.676. The van der Waals surface area contributed by atoms with E-state index in [-0.39, 0.29) is 18.5 Å². The molecule has 0 bridgehead atoms. The Morgan fingerprint density at radius 3 is 1.12 bits per heavy atom. The number of nitrogens with one attached hydrogen (secondary N) is 1. The summed E-state index contributed by atoms with van der Waals surface area (Å²) in [5.41, 5.74) is 0. The summed E-state index contributed by atoms with van der Waals surface area (Å²) in [5.74, 6) is -0.0678. The second-order valence-corrected chi connectivity index (χ2v) is 21.0. The Hall–Kier alpha value is -1.92. The van der Waals surface area contributed by atoms with Gasteiger partial charge in [0.05, 0.1) is 25.4 Å². The van der Waals surface area contributed by atoms with Crippen molar-refractivity contribution in [2.75, 3.05) is 13.2 Å². The summed E-state index contributed by atoms with van der Waals surface area (Å²) >= 11 is 0. The number of amides is 1. The molecule has 0 aliphatic carbocycles. The molecule has 6 heteroatoms. The van der Waals surface area contributed by atoms with Crippen LogP contribution in [0.25, 0.3) is 0 Å². The van der Waals surface area contributed by atoms with Gasteiger partial charge in [0.25, 0.3) is 0 Å². The third-order valence-electron chi connectivity index (χ3n) is 14.2. The van der Waals surface area contributed by atoms with Crippen molar-refractivity contribution in [3.8, 4) is 0 Å². The number of aliphatic hydroxyl groups is 2. The summed E-state index contributed by atoms with van der Waals surface area (Å²) in [5, 5.41) is 23.3. The molecule has 69 heavy (non-hydrogen) atoms. The summed E-state index contributed by atoms with van der Waals surface area (Å²) in [4.78, 5) is 24.6. The molecule has 0 saturated heterocycles. The van der Waals surface area contributed by atoms with Gasteiger partial charge in [0.2, 0.25) is 5.91 Å². The number of aliphatic hydroxyl groups excluding tert-OH is 2. The predicted octanol–water partition coefficient (Wildman–Crippen LogP) is 19.2. The average Bonchev–Trinajstić information content (AvgIpc) is 3.35. The molecule has 0 spiro atoms. The smallest absolute Gasteiger partial charge is 0.305 e. The van der Waals surface area contributed by atoms with Crippen molar-refractivity contribution in [2.45, 2.75) is 341 Å². The summed E-state index contributed by atoms with van der Waals surface area (Å²) in [6.07, 6.45) is 72.9. The molecule has 0 heterocycles. The number of hydrogen-bond donors (Lipinski definition) is 3. The van der Waals surface area contributed by atoms with Gasteiger partial charge in [-0.2, -0.15) is 0 Å². The molecule has 2 atom stereocenters. The molecule has 6 nitrogen and oxygen atoms in total. The number of allylic oxidation sites excluding steroid dienone is 6. The van der Waals surface area contributed by atoms with Gasteiger partial charge < -0.3 is 20.3 Å². The maximum atomic E-state index is 12.5. The fourth-order valence-electron chi connectivity index (χ4n) is 9.43. The number of ether oxygens (including phenoxy) is 1. The molecule has 2 unspecified atom stereocenters. The van der Waals surface area contributed by atoms with Gasteiger partial charge >= 0.3 is 5.97 Å². The summed E-state index contributed by atoms with van der Waals surface area (Å²) in [7, 11) is 0. The van der Waals surface area contributed by atoms with Crippen LogP contribution in [0.3, 0.4) is 0 Å². The number of carbonyl (C=O) groups is 2. The van der Waals surface area contributed by atoms with Crippen molar-refractivity contribution in [2.24, 2.45) is 0 Å². The number of carbonyl (C=O) groups excluding carboxylic acids is 2. The lowest BCUT2D eigenvalue weighted by atomic mass is 10.0. The lowest BCUT2D eigenvalue weighted by molar-refractivity contribution is -0.143. The number of rotatable bonds is 57. The lowest BCUT2D eigenvalue weighted by Gasteiger charge is -2.22. The molecule has 3 N–H and O–H groups in total. The number of hydrogen-bond acceptors (Lipinski definition) is 5. The molecule has 0 radical (unpaired) electrons. The SMILES string of the molecule is CCCCCCCC/C=C\CCCCCCCCCC(=O)OCCCCC/C=C\C/C=C\CCCCCCCCCC(=O)NC(CO)C(O)CCCCCCCCCCCCCCCCCCCC. The van der Waals surface area contributed by atoms with Crippen LogP contribution >= 0.6 is 0 Å². The van der Waals surface area contributed by atoms with Gasteiger partial charge in [-0.15, -0.1) is 0 Å². The first-order chi connectivity index (χ1) is 34.0. The van der Waals surface area contributed by atoms with E-state index in [1.807, 2.05) is 0 Å². The zero-order valence-corrected chi connectivity index (χ0v) is 46.3. The van der Waals surface area contributed by atoms with Crippen molar-refractivity contribution in [3.63, 3.8) is 0 Å². The molecule has 0 aromatic heterocycles. The fourth-order valence-corrected chi connectivity index (χ4v) is 9.43. The zero-order valence-electron chi connectivity index (χ0n) is 46.3. The molecule has 0 rings (SSSR count). The van der Waals surface area contributed by atoms with Crippen LogP contribution in [0.15, 0.2) is 36.5 Å². The molecule has 406 valence electrons. The van der Waals surface area contributed by atoms with E-state index in [1.165, 1.54) is 212 Å². The zero-order chi connectivity index (χ0) is 50.0. The minimum absolute atomic E-state index is 0.0185. The first kappa shape index (κ1) is 67.1. The van der Waals surface area contributed by atoms with Gasteiger partial charge in [0.1, 0.15) is 0 Å². The topological polar surface area (TPSA) is 95.9 Å². The predicted molar refractivity (Wildman–Crippen MR) is 301 cm³/mol. The quantitative estimate of drug-likeness (QED) is 0.0321. The first-order valence-electron chi connectivity index (χ1n) is 30.7. The highest BCUT2D eigenvalue weighted by molar-refractivity contribution is 5.76. The Bertz CT molecular complexity index is 1120. The van der Waals surface area contributed by atoms with E-state index >= 15 is 0 Å². The Morgan fingerprint density at radius 2 is 0.725 bits per heavy atom. The third-order valence-corrected chi connectivity index (χ3v) is 14.2. The van der Waals surface area contributed by atoms with E-state index in [2.05, 4.69) is 55.6 Å². The van der Waals surface area contributed by atoms with Gasteiger partial charge in [0, 0.05) is 12.8 Å². The molecule has 0 aromatic carbocycles. The van der Waals surface area contributed by atoms with Crippen LogP contribution in [0.2, 0.25) is 0 Å². The van der Waals surface area contributed by atoms with Crippen molar-refractivity contribution < 1.29 is 24.5 Å². The van der Waals surface area contributed by atoms with Crippen LogP contribution in [0.4, 0.5) is 0 Å². The van der Waals surface area contributed by atoms with E-state index in [1.54, 1.807) is 0 Å². The maximum Gasteiger partial charge on any atom is 0.305 e. The van der Waals surface area contributed by atoms with Gasteiger partial charge in [0.15, 0.2) is 0 Å². The van der Waals surface area contributed by atoms with Crippen LogP contribution in [-0.2, 0) is 14.3 Å². The molecule has 0 aromatic rings. The molecular weight excluding hydrogens is 851 g/mol. The van der Waals surface area contributed by atoms with E-state index in [0.717, 1.165) is 83.5 Å². The summed E-state index contributed by atoms with van der Waals surface area (Å²) < 4.78 is 5.46. The van der Waals surface area contributed by atoms with Gasteiger partial charge in [-0.25, -0.2) is 0 Å². The van der Waals surface area contributed by atoms with Crippen molar-refractivity contribution >= 4 is 11.9 Å². The summed E-state index contributed by atoms with van der Waals surface area (Å²) in [6.45, 7) is 4.92. The fraction of sp³-hybridized carbons (Fsp3) is 0.873. The second kappa shape index (κ2) is 58.6. The van der Waals surface area contributed by atoms with Crippen LogP contribution < -0.4 is 5.32 Å². The Balaban J connectivity index is 3.49.